The predicted octanol–water partition coefficient (Wildman–Crippen LogP) is 3.21. The molecule has 1 aromatic heterocycles. The van der Waals surface area contributed by atoms with E-state index in [1.165, 1.54) is 4.90 Å². The topological polar surface area (TPSA) is 99.7 Å². The van der Waals surface area contributed by atoms with Crippen LogP contribution in [0.1, 0.15) is 30.1 Å². The number of nitrogen functional groups attached to an aromatic ring is 1. The molecule has 1 amide bonds. The summed E-state index contributed by atoms with van der Waals surface area (Å²) in [7, 11) is 0. The summed E-state index contributed by atoms with van der Waals surface area (Å²) in [6, 6.07) is 8.49. The number of benzene rings is 1. The minimum absolute atomic E-state index is 0.177. The van der Waals surface area contributed by atoms with Crippen molar-refractivity contribution < 1.29 is 15.0 Å². The number of nitrogens with two attached hydrogens (primary N) is 1. The maximum absolute atomic E-state index is 11.8. The standard InChI is InChI=1S/C18H20BrN3O3/c19-14-9-11(3-5-15(14)20)8-13-4-6-16(22(13)18(24)25)17(23)12-2-1-7-21-10-12/h1-3,5,7,9-10,13,16-17,23H,4,6,8,20H2,(H,24,25)/t13-,16+,17+/m0/s1. The zero-order chi connectivity index (χ0) is 18.0. The van der Waals surface area contributed by atoms with Gasteiger partial charge in [-0.05, 0) is 59.0 Å². The number of hydrogen-bond acceptors (Lipinski definition) is 4. The van der Waals surface area contributed by atoms with Gasteiger partial charge in [-0.2, -0.15) is 0 Å². The number of anilines is 1. The first-order valence-electron chi connectivity index (χ1n) is 8.10. The van der Waals surface area contributed by atoms with Crippen LogP contribution in [0.5, 0.6) is 0 Å². The van der Waals surface area contributed by atoms with Gasteiger partial charge in [0.2, 0.25) is 0 Å². The average Bonchev–Trinajstić information content (AvgIpc) is 3.02. The van der Waals surface area contributed by atoms with E-state index in [1.807, 2.05) is 12.1 Å². The van der Waals surface area contributed by atoms with Gasteiger partial charge in [0, 0.05) is 34.2 Å². The van der Waals surface area contributed by atoms with Crippen LogP contribution < -0.4 is 5.73 Å². The smallest absolute Gasteiger partial charge is 0.407 e. The molecule has 3 atom stereocenters. The van der Waals surface area contributed by atoms with Crippen LogP contribution in [-0.4, -0.2) is 38.3 Å². The Kier molecular flexibility index (Phi) is 5.24. The number of hydrogen-bond donors (Lipinski definition) is 3. The Morgan fingerprint density at radius 1 is 1.40 bits per heavy atom. The summed E-state index contributed by atoms with van der Waals surface area (Å²) in [6.45, 7) is 0. The Hall–Kier alpha value is -2.12. The molecular formula is C18H20BrN3O3. The highest BCUT2D eigenvalue weighted by Gasteiger charge is 2.41. The molecule has 132 valence electrons. The van der Waals surface area contributed by atoms with Gasteiger partial charge in [-0.25, -0.2) is 4.79 Å². The van der Waals surface area contributed by atoms with Gasteiger partial charge < -0.3 is 15.9 Å². The van der Waals surface area contributed by atoms with Gasteiger partial charge >= 0.3 is 6.09 Å². The molecule has 2 aromatic rings. The zero-order valence-electron chi connectivity index (χ0n) is 13.5. The number of carboxylic acid groups (broad SMARTS) is 1. The van der Waals surface area contributed by atoms with Crippen LogP contribution in [-0.2, 0) is 6.42 Å². The molecule has 1 fully saturated rings. The van der Waals surface area contributed by atoms with Gasteiger partial charge in [0.15, 0.2) is 0 Å². The number of amides is 1. The first-order chi connectivity index (χ1) is 12.0. The molecule has 7 heteroatoms. The van der Waals surface area contributed by atoms with Crippen molar-refractivity contribution in [3.63, 3.8) is 0 Å². The fourth-order valence-corrected chi connectivity index (χ4v) is 3.89. The minimum atomic E-state index is -1.01. The minimum Gasteiger partial charge on any atom is -0.465 e. The fourth-order valence-electron chi connectivity index (χ4n) is 3.46. The molecule has 1 aromatic carbocycles. The fraction of sp³-hybridized carbons (Fsp3) is 0.333. The molecule has 0 spiro atoms. The van der Waals surface area contributed by atoms with Gasteiger partial charge in [-0.15, -0.1) is 0 Å². The maximum Gasteiger partial charge on any atom is 0.407 e. The van der Waals surface area contributed by atoms with E-state index in [9.17, 15) is 15.0 Å². The van der Waals surface area contributed by atoms with E-state index in [0.717, 1.165) is 10.0 Å². The van der Waals surface area contributed by atoms with E-state index >= 15 is 0 Å². The van der Waals surface area contributed by atoms with Gasteiger partial charge in [0.05, 0.1) is 6.04 Å². The molecule has 0 unspecified atom stereocenters. The summed E-state index contributed by atoms with van der Waals surface area (Å²) < 4.78 is 0.803. The number of pyridine rings is 1. The number of aromatic nitrogens is 1. The number of halogens is 1. The van der Waals surface area contributed by atoms with Crippen LogP contribution in [0.25, 0.3) is 0 Å². The number of aliphatic hydroxyl groups is 1. The number of aliphatic hydroxyl groups excluding tert-OH is 1. The highest BCUT2D eigenvalue weighted by atomic mass is 79.9. The Morgan fingerprint density at radius 2 is 2.20 bits per heavy atom. The summed E-state index contributed by atoms with van der Waals surface area (Å²) in [5.74, 6) is 0. The molecule has 6 nitrogen and oxygen atoms in total. The summed E-state index contributed by atoms with van der Waals surface area (Å²) in [5.41, 5.74) is 8.10. The Morgan fingerprint density at radius 3 is 2.84 bits per heavy atom. The van der Waals surface area contributed by atoms with Gasteiger partial charge in [-0.1, -0.05) is 12.1 Å². The lowest BCUT2D eigenvalue weighted by Crippen LogP contribution is -2.44. The molecule has 2 heterocycles. The number of likely N-dealkylation sites (tertiary alicyclic amines) is 1. The second-order valence-electron chi connectivity index (χ2n) is 6.28. The van der Waals surface area contributed by atoms with Crippen molar-refractivity contribution in [1.29, 1.82) is 0 Å². The lowest BCUT2D eigenvalue weighted by molar-refractivity contribution is 0.0539. The quantitative estimate of drug-likeness (QED) is 0.678. The van der Waals surface area contributed by atoms with Crippen molar-refractivity contribution in [3.05, 3.63) is 58.3 Å². The molecule has 1 aliphatic rings. The highest BCUT2D eigenvalue weighted by Crippen LogP contribution is 2.35. The first kappa shape index (κ1) is 17.7. The van der Waals surface area contributed by atoms with Crippen LogP contribution in [0.2, 0.25) is 0 Å². The van der Waals surface area contributed by atoms with E-state index in [4.69, 9.17) is 5.73 Å². The van der Waals surface area contributed by atoms with Crippen molar-refractivity contribution in [2.45, 2.75) is 37.5 Å². The van der Waals surface area contributed by atoms with Gasteiger partial charge in [0.1, 0.15) is 6.10 Å². The van der Waals surface area contributed by atoms with Crippen LogP contribution in [0.15, 0.2) is 47.2 Å². The molecular weight excluding hydrogens is 386 g/mol. The van der Waals surface area contributed by atoms with E-state index in [-0.39, 0.29) is 6.04 Å². The molecule has 25 heavy (non-hydrogen) atoms. The largest absolute Gasteiger partial charge is 0.465 e. The van der Waals surface area contributed by atoms with Crippen molar-refractivity contribution in [2.75, 3.05) is 5.73 Å². The monoisotopic (exact) mass is 405 g/mol. The lowest BCUT2D eigenvalue weighted by atomic mass is 10.0. The third-order valence-corrected chi connectivity index (χ3v) is 5.38. The molecule has 0 radical (unpaired) electrons. The molecule has 3 rings (SSSR count). The van der Waals surface area contributed by atoms with Crippen LogP contribution >= 0.6 is 15.9 Å². The Bertz CT molecular complexity index is 756. The normalized spacial score (nSPS) is 21.3. The summed E-state index contributed by atoms with van der Waals surface area (Å²) >= 11 is 3.40. The molecule has 0 aliphatic carbocycles. The molecule has 0 bridgehead atoms. The number of nitrogens with zero attached hydrogens (tertiary/aromatic N) is 2. The maximum atomic E-state index is 11.8. The second kappa shape index (κ2) is 7.41. The van der Waals surface area contributed by atoms with Crippen molar-refractivity contribution in [3.8, 4) is 0 Å². The Balaban J connectivity index is 1.79. The van der Waals surface area contributed by atoms with Crippen LogP contribution in [0, 0.1) is 0 Å². The molecule has 1 aliphatic heterocycles. The van der Waals surface area contributed by atoms with Crippen LogP contribution in [0.3, 0.4) is 0 Å². The van der Waals surface area contributed by atoms with Crippen molar-refractivity contribution >= 4 is 27.7 Å². The predicted molar refractivity (Wildman–Crippen MR) is 98.1 cm³/mol. The summed E-state index contributed by atoms with van der Waals surface area (Å²) in [4.78, 5) is 17.2. The highest BCUT2D eigenvalue weighted by molar-refractivity contribution is 9.10. The number of carbonyl (C=O) groups is 1. The SMILES string of the molecule is Nc1ccc(C[C@@H]2CC[C@H]([C@H](O)c3cccnc3)N2C(=O)O)cc1Br. The van der Waals surface area contributed by atoms with E-state index in [1.54, 1.807) is 30.6 Å². The van der Waals surface area contributed by atoms with E-state index in [0.29, 0.717) is 30.5 Å². The van der Waals surface area contributed by atoms with Crippen molar-refractivity contribution in [1.82, 2.24) is 9.88 Å². The van der Waals surface area contributed by atoms with Gasteiger partial charge in [-0.3, -0.25) is 9.88 Å². The first-order valence-corrected chi connectivity index (χ1v) is 8.90. The third-order valence-electron chi connectivity index (χ3n) is 4.69. The lowest BCUT2D eigenvalue weighted by Gasteiger charge is -2.30. The van der Waals surface area contributed by atoms with Crippen molar-refractivity contribution in [2.24, 2.45) is 0 Å². The zero-order valence-corrected chi connectivity index (χ0v) is 15.1. The second-order valence-corrected chi connectivity index (χ2v) is 7.13. The van der Waals surface area contributed by atoms with E-state index in [2.05, 4.69) is 20.9 Å². The van der Waals surface area contributed by atoms with Crippen LogP contribution in [0.4, 0.5) is 10.5 Å². The molecule has 1 saturated heterocycles. The van der Waals surface area contributed by atoms with Gasteiger partial charge in [0.25, 0.3) is 0 Å². The third kappa shape index (κ3) is 3.77. The Labute approximate surface area is 154 Å². The average molecular weight is 406 g/mol. The van der Waals surface area contributed by atoms with E-state index < -0.39 is 18.2 Å². The number of rotatable bonds is 4. The summed E-state index contributed by atoms with van der Waals surface area (Å²) in [5, 5.41) is 20.3. The molecule has 0 saturated carbocycles. The summed E-state index contributed by atoms with van der Waals surface area (Å²) in [6.07, 6.45) is 3.22. The molecule has 4 N–H and O–H groups in total.